The lowest BCUT2D eigenvalue weighted by Crippen LogP contribution is -1.91. The smallest absolute Gasteiger partial charge is 0.274 e. The maximum Gasteiger partial charge on any atom is 0.274 e. The van der Waals surface area contributed by atoms with Gasteiger partial charge in [0.05, 0.1) is 18.1 Å². The van der Waals surface area contributed by atoms with E-state index in [0.717, 1.165) is 0 Å². The molecule has 0 saturated heterocycles. The van der Waals surface area contributed by atoms with E-state index in [0.29, 0.717) is 23.5 Å². The van der Waals surface area contributed by atoms with Crippen molar-refractivity contribution in [3.63, 3.8) is 0 Å². The number of rotatable bonds is 4. The van der Waals surface area contributed by atoms with Crippen LogP contribution >= 0.6 is 11.8 Å². The minimum Gasteiger partial charge on any atom is -0.496 e. The molecule has 1 rings (SSSR count). The molecule has 0 bridgehead atoms. The van der Waals surface area contributed by atoms with Gasteiger partial charge in [0.2, 0.25) is 0 Å². The molecular formula is C13H13NO4S. The van der Waals surface area contributed by atoms with E-state index in [9.17, 15) is 14.9 Å². The third kappa shape index (κ3) is 5.44. The monoisotopic (exact) mass is 279 g/mol. The van der Waals surface area contributed by atoms with Crippen LogP contribution in [-0.4, -0.2) is 22.9 Å². The SMILES string of the molecule is COc1cc(C#CCCSC(C)=O)cc([N+](=O)[O-])c1. The molecule has 0 spiro atoms. The lowest BCUT2D eigenvalue weighted by atomic mass is 10.2. The molecule has 0 aliphatic rings. The number of non-ortho nitro benzene ring substituents is 1. The van der Waals surface area contributed by atoms with Gasteiger partial charge in [-0.05, 0) is 6.07 Å². The number of carbonyl (C=O) groups excluding carboxylic acids is 1. The number of hydrogen-bond donors (Lipinski definition) is 0. The van der Waals surface area contributed by atoms with Gasteiger partial charge in [-0.2, -0.15) is 0 Å². The van der Waals surface area contributed by atoms with Gasteiger partial charge in [0.1, 0.15) is 5.75 Å². The van der Waals surface area contributed by atoms with E-state index >= 15 is 0 Å². The molecular weight excluding hydrogens is 266 g/mol. The first-order valence-electron chi connectivity index (χ1n) is 5.48. The van der Waals surface area contributed by atoms with Crippen molar-refractivity contribution in [1.82, 2.24) is 0 Å². The Morgan fingerprint density at radius 1 is 1.47 bits per heavy atom. The second kappa shape index (κ2) is 7.44. The minimum absolute atomic E-state index is 0.0539. The van der Waals surface area contributed by atoms with Crippen LogP contribution in [0, 0.1) is 22.0 Å². The molecule has 0 fully saturated rings. The topological polar surface area (TPSA) is 69.4 Å². The van der Waals surface area contributed by atoms with Crippen molar-refractivity contribution in [1.29, 1.82) is 0 Å². The molecule has 5 nitrogen and oxygen atoms in total. The van der Waals surface area contributed by atoms with Crippen LogP contribution in [0.15, 0.2) is 18.2 Å². The van der Waals surface area contributed by atoms with E-state index < -0.39 is 4.92 Å². The molecule has 1 aromatic carbocycles. The summed E-state index contributed by atoms with van der Waals surface area (Å²) in [5.41, 5.74) is 0.473. The predicted octanol–water partition coefficient (Wildman–Crippen LogP) is 2.62. The van der Waals surface area contributed by atoms with Gasteiger partial charge >= 0.3 is 0 Å². The van der Waals surface area contributed by atoms with Crippen LogP contribution in [0.4, 0.5) is 5.69 Å². The standard InChI is InChI=1S/C13H13NO4S/c1-10(15)19-6-4-3-5-11-7-12(14(16)17)9-13(8-11)18-2/h7-9H,4,6H2,1-2H3. The molecule has 0 aromatic heterocycles. The number of carbonyl (C=O) groups is 1. The van der Waals surface area contributed by atoms with Crippen LogP contribution < -0.4 is 4.74 Å². The van der Waals surface area contributed by atoms with Gasteiger partial charge in [-0.1, -0.05) is 23.6 Å². The van der Waals surface area contributed by atoms with Gasteiger partial charge < -0.3 is 4.74 Å². The van der Waals surface area contributed by atoms with Crippen LogP contribution in [0.2, 0.25) is 0 Å². The summed E-state index contributed by atoms with van der Waals surface area (Å²) >= 11 is 1.21. The van der Waals surface area contributed by atoms with Crippen LogP contribution in [0.1, 0.15) is 18.9 Å². The summed E-state index contributed by atoms with van der Waals surface area (Å²) in [4.78, 5) is 21.0. The fourth-order valence-electron chi connectivity index (χ4n) is 1.29. The Hall–Kier alpha value is -2.00. The molecule has 6 heteroatoms. The molecule has 0 aliphatic carbocycles. The Morgan fingerprint density at radius 3 is 2.79 bits per heavy atom. The molecule has 0 radical (unpaired) electrons. The number of nitro groups is 1. The van der Waals surface area contributed by atoms with Gasteiger partial charge in [0.25, 0.3) is 5.69 Å². The summed E-state index contributed by atoms with van der Waals surface area (Å²) in [6, 6.07) is 4.38. The van der Waals surface area contributed by atoms with Crippen LogP contribution in [-0.2, 0) is 4.79 Å². The number of ether oxygens (including phenoxy) is 1. The number of nitro benzene ring substituents is 1. The average Bonchev–Trinajstić information content (AvgIpc) is 2.37. The summed E-state index contributed by atoms with van der Waals surface area (Å²) in [5.74, 6) is 6.72. The highest BCUT2D eigenvalue weighted by Crippen LogP contribution is 2.21. The van der Waals surface area contributed by atoms with Crippen molar-refractivity contribution >= 4 is 22.6 Å². The number of thioether (sulfide) groups is 1. The molecule has 0 heterocycles. The van der Waals surface area contributed by atoms with Crippen molar-refractivity contribution in [2.24, 2.45) is 0 Å². The van der Waals surface area contributed by atoms with Crippen molar-refractivity contribution in [3.05, 3.63) is 33.9 Å². The summed E-state index contributed by atoms with van der Waals surface area (Å²) in [5, 5.41) is 10.8. The fraction of sp³-hybridized carbons (Fsp3) is 0.308. The third-order valence-corrected chi connectivity index (χ3v) is 2.92. The van der Waals surface area contributed by atoms with E-state index in [4.69, 9.17) is 4.74 Å². The Kier molecular flexibility index (Phi) is 5.90. The highest BCUT2D eigenvalue weighted by atomic mass is 32.2. The van der Waals surface area contributed by atoms with Gasteiger partial charge in [0, 0.05) is 30.7 Å². The maximum atomic E-state index is 10.7. The Labute approximate surface area is 115 Å². The molecule has 0 amide bonds. The zero-order chi connectivity index (χ0) is 14.3. The summed E-state index contributed by atoms with van der Waals surface area (Å²) in [6.07, 6.45) is 0.551. The highest BCUT2D eigenvalue weighted by molar-refractivity contribution is 8.13. The largest absolute Gasteiger partial charge is 0.496 e. The van der Waals surface area contributed by atoms with Gasteiger partial charge in [-0.25, -0.2) is 0 Å². The first-order valence-corrected chi connectivity index (χ1v) is 6.47. The molecule has 0 N–H and O–H groups in total. The van der Waals surface area contributed by atoms with E-state index in [-0.39, 0.29) is 10.8 Å². The molecule has 1 aromatic rings. The quantitative estimate of drug-likeness (QED) is 0.367. The summed E-state index contributed by atoms with van der Waals surface area (Å²) in [7, 11) is 1.44. The summed E-state index contributed by atoms with van der Waals surface area (Å²) in [6.45, 7) is 1.50. The number of methoxy groups -OCH3 is 1. The van der Waals surface area contributed by atoms with Crippen LogP contribution in [0.25, 0.3) is 0 Å². The van der Waals surface area contributed by atoms with Crippen molar-refractivity contribution in [3.8, 4) is 17.6 Å². The van der Waals surface area contributed by atoms with E-state index in [1.807, 2.05) is 0 Å². The lowest BCUT2D eigenvalue weighted by molar-refractivity contribution is -0.384. The van der Waals surface area contributed by atoms with Crippen molar-refractivity contribution in [2.75, 3.05) is 12.9 Å². The Morgan fingerprint density at radius 2 is 2.21 bits per heavy atom. The number of nitrogens with zero attached hydrogens (tertiary/aromatic N) is 1. The van der Waals surface area contributed by atoms with E-state index in [1.165, 1.54) is 37.9 Å². The normalized spacial score (nSPS) is 9.37. The molecule has 19 heavy (non-hydrogen) atoms. The lowest BCUT2D eigenvalue weighted by Gasteiger charge is -2.00. The first-order chi connectivity index (χ1) is 9.02. The zero-order valence-electron chi connectivity index (χ0n) is 10.6. The van der Waals surface area contributed by atoms with Crippen molar-refractivity contribution in [2.45, 2.75) is 13.3 Å². The highest BCUT2D eigenvalue weighted by Gasteiger charge is 2.08. The Bertz CT molecular complexity index is 545. The maximum absolute atomic E-state index is 10.7. The van der Waals surface area contributed by atoms with Crippen LogP contribution in [0.3, 0.4) is 0 Å². The second-order valence-electron chi connectivity index (χ2n) is 3.57. The van der Waals surface area contributed by atoms with Gasteiger partial charge in [-0.3, -0.25) is 14.9 Å². The second-order valence-corrected chi connectivity index (χ2v) is 4.84. The van der Waals surface area contributed by atoms with Crippen LogP contribution in [0.5, 0.6) is 5.75 Å². The van der Waals surface area contributed by atoms with Gasteiger partial charge in [-0.15, -0.1) is 0 Å². The number of hydrogen-bond acceptors (Lipinski definition) is 5. The first kappa shape index (κ1) is 15.1. The molecule has 0 atom stereocenters. The fourth-order valence-corrected chi connectivity index (χ4v) is 1.78. The van der Waals surface area contributed by atoms with Gasteiger partial charge in [0.15, 0.2) is 5.12 Å². The average molecular weight is 279 g/mol. The Balaban J connectivity index is 2.77. The van der Waals surface area contributed by atoms with E-state index in [1.54, 1.807) is 6.07 Å². The molecule has 0 unspecified atom stereocenters. The third-order valence-electron chi connectivity index (χ3n) is 2.10. The zero-order valence-corrected chi connectivity index (χ0v) is 11.5. The molecule has 100 valence electrons. The van der Waals surface area contributed by atoms with Crippen molar-refractivity contribution < 1.29 is 14.5 Å². The number of benzene rings is 1. The van der Waals surface area contributed by atoms with E-state index in [2.05, 4.69) is 11.8 Å². The molecule has 0 aliphatic heterocycles. The summed E-state index contributed by atoms with van der Waals surface area (Å²) < 4.78 is 4.98. The molecule has 0 saturated carbocycles. The minimum atomic E-state index is -0.487. The predicted molar refractivity (Wildman–Crippen MR) is 74.3 cm³/mol.